The maximum absolute atomic E-state index is 12.4. The van der Waals surface area contributed by atoms with Crippen molar-refractivity contribution >= 4 is 16.7 Å². The Morgan fingerprint density at radius 1 is 1.20 bits per heavy atom. The summed E-state index contributed by atoms with van der Waals surface area (Å²) >= 11 is 0. The lowest BCUT2D eigenvalue weighted by atomic mass is 10.0. The number of Topliss-reactive ketones (excluding diaryl/α,β-unsaturated/α-hetero) is 1. The van der Waals surface area contributed by atoms with Gasteiger partial charge in [0.15, 0.2) is 5.78 Å². The van der Waals surface area contributed by atoms with E-state index in [1.54, 1.807) is 10.9 Å². The second kappa shape index (κ2) is 4.63. The zero-order valence-corrected chi connectivity index (χ0v) is 11.9. The fourth-order valence-corrected chi connectivity index (χ4v) is 2.43. The van der Waals surface area contributed by atoms with Crippen LogP contribution in [0.5, 0.6) is 0 Å². The Balaban J connectivity index is 2.26. The van der Waals surface area contributed by atoms with Crippen molar-refractivity contribution in [3.05, 3.63) is 48.4 Å². The predicted molar refractivity (Wildman–Crippen MR) is 79.2 cm³/mol. The fourth-order valence-electron chi connectivity index (χ4n) is 2.43. The summed E-state index contributed by atoms with van der Waals surface area (Å²) in [6.45, 7) is 3.86. The second-order valence-electron chi connectivity index (χ2n) is 5.32. The number of hydrogen-bond donors (Lipinski definition) is 0. The molecule has 0 unspecified atom stereocenters. The van der Waals surface area contributed by atoms with E-state index < -0.39 is 0 Å². The van der Waals surface area contributed by atoms with Crippen molar-refractivity contribution < 1.29 is 4.79 Å². The van der Waals surface area contributed by atoms with E-state index in [1.165, 1.54) is 0 Å². The predicted octanol–water partition coefficient (Wildman–Crippen LogP) is 3.20. The van der Waals surface area contributed by atoms with E-state index in [-0.39, 0.29) is 11.7 Å². The summed E-state index contributed by atoms with van der Waals surface area (Å²) in [5.74, 6) is 0.159. The van der Waals surface area contributed by atoms with E-state index in [0.717, 1.165) is 22.2 Å². The summed E-state index contributed by atoms with van der Waals surface area (Å²) < 4.78 is 3.78. The number of hydrogen-bond acceptors (Lipinski definition) is 2. The molecule has 0 saturated carbocycles. The van der Waals surface area contributed by atoms with Crippen molar-refractivity contribution in [2.45, 2.75) is 13.8 Å². The first-order chi connectivity index (χ1) is 9.58. The molecule has 0 aliphatic rings. The van der Waals surface area contributed by atoms with Crippen molar-refractivity contribution in [3.63, 3.8) is 0 Å². The molecule has 1 aromatic carbocycles. The van der Waals surface area contributed by atoms with Gasteiger partial charge < -0.3 is 4.57 Å². The molecule has 0 aliphatic carbocycles. The molecule has 4 nitrogen and oxygen atoms in total. The van der Waals surface area contributed by atoms with Gasteiger partial charge in [-0.15, -0.1) is 0 Å². The van der Waals surface area contributed by atoms with Crippen LogP contribution in [-0.4, -0.2) is 20.1 Å². The number of benzene rings is 1. The average molecular weight is 267 g/mol. The Bertz CT molecular complexity index is 780. The summed E-state index contributed by atoms with van der Waals surface area (Å²) in [6, 6.07) is 7.98. The Morgan fingerprint density at radius 3 is 2.60 bits per heavy atom. The highest BCUT2D eigenvalue weighted by Gasteiger charge is 2.18. The molecule has 2 aromatic heterocycles. The van der Waals surface area contributed by atoms with Gasteiger partial charge in [0, 0.05) is 36.3 Å². The number of carbonyl (C=O) groups is 1. The van der Waals surface area contributed by atoms with Gasteiger partial charge >= 0.3 is 0 Å². The Hall–Kier alpha value is -2.36. The number of carbonyl (C=O) groups excluding carboxylic acids is 1. The molecule has 2 heterocycles. The minimum atomic E-state index is -0.0110. The number of aryl methyl sites for hydroxylation is 1. The van der Waals surface area contributed by atoms with E-state index in [1.807, 2.05) is 62.1 Å². The molecule has 0 N–H and O–H groups in total. The smallest absolute Gasteiger partial charge is 0.167 e. The highest BCUT2D eigenvalue weighted by atomic mass is 16.1. The van der Waals surface area contributed by atoms with Crippen LogP contribution in [0.2, 0.25) is 0 Å². The summed E-state index contributed by atoms with van der Waals surface area (Å²) in [4.78, 5) is 12.4. The van der Waals surface area contributed by atoms with Crippen LogP contribution in [0, 0.1) is 5.92 Å². The van der Waals surface area contributed by atoms with E-state index >= 15 is 0 Å². The molecule has 20 heavy (non-hydrogen) atoms. The van der Waals surface area contributed by atoms with Gasteiger partial charge in [0.2, 0.25) is 0 Å². The topological polar surface area (TPSA) is 39.8 Å². The minimum absolute atomic E-state index is 0.0110. The van der Waals surface area contributed by atoms with Crippen molar-refractivity contribution in [2.24, 2.45) is 13.0 Å². The molecule has 3 aromatic rings. The van der Waals surface area contributed by atoms with Gasteiger partial charge in [0.1, 0.15) is 0 Å². The lowest BCUT2D eigenvalue weighted by molar-refractivity contribution is 0.0941. The summed E-state index contributed by atoms with van der Waals surface area (Å²) in [5, 5.41) is 5.20. The molecule has 0 amide bonds. The van der Waals surface area contributed by atoms with Gasteiger partial charge in [0.05, 0.1) is 17.4 Å². The molecular weight excluding hydrogens is 250 g/mol. The SMILES string of the molecule is CC(C)C(=O)c1cn(-c2cnn(C)c2)c2ccccc12. The number of nitrogens with zero attached hydrogens (tertiary/aromatic N) is 3. The standard InChI is InChI=1S/C16H17N3O/c1-11(2)16(20)14-10-19(12-8-17-18(3)9-12)15-7-5-4-6-13(14)15/h4-11H,1-3H3. The third-order valence-electron chi connectivity index (χ3n) is 3.47. The highest BCUT2D eigenvalue weighted by molar-refractivity contribution is 6.09. The number of rotatable bonds is 3. The van der Waals surface area contributed by atoms with Crippen LogP contribution >= 0.6 is 0 Å². The molecule has 3 rings (SSSR count). The largest absolute Gasteiger partial charge is 0.313 e. The molecule has 0 radical (unpaired) electrons. The van der Waals surface area contributed by atoms with E-state index in [4.69, 9.17) is 0 Å². The van der Waals surface area contributed by atoms with E-state index in [2.05, 4.69) is 5.10 Å². The van der Waals surface area contributed by atoms with Crippen LogP contribution in [0.3, 0.4) is 0 Å². The van der Waals surface area contributed by atoms with Gasteiger partial charge in [-0.3, -0.25) is 9.48 Å². The summed E-state index contributed by atoms with van der Waals surface area (Å²) in [5.41, 5.74) is 2.77. The summed E-state index contributed by atoms with van der Waals surface area (Å²) in [6.07, 6.45) is 5.66. The van der Waals surface area contributed by atoms with Crippen molar-refractivity contribution in [1.82, 2.24) is 14.3 Å². The number of fused-ring (bicyclic) bond motifs is 1. The van der Waals surface area contributed by atoms with Crippen LogP contribution in [0.1, 0.15) is 24.2 Å². The first-order valence-electron chi connectivity index (χ1n) is 6.71. The van der Waals surface area contributed by atoms with Crippen molar-refractivity contribution in [2.75, 3.05) is 0 Å². The molecule has 102 valence electrons. The lowest BCUT2D eigenvalue weighted by Crippen LogP contribution is -2.06. The molecule has 0 saturated heterocycles. The number of ketones is 1. The summed E-state index contributed by atoms with van der Waals surface area (Å²) in [7, 11) is 1.88. The molecule has 4 heteroatoms. The van der Waals surface area contributed by atoms with Gasteiger partial charge in [-0.25, -0.2) is 0 Å². The molecule has 0 aliphatic heterocycles. The number of para-hydroxylation sites is 1. The van der Waals surface area contributed by atoms with Crippen molar-refractivity contribution in [1.29, 1.82) is 0 Å². The highest BCUT2D eigenvalue weighted by Crippen LogP contribution is 2.26. The molecule has 0 fully saturated rings. The minimum Gasteiger partial charge on any atom is -0.313 e. The fraction of sp³-hybridized carbons (Fsp3) is 0.250. The number of aromatic nitrogens is 3. The van der Waals surface area contributed by atoms with Gasteiger partial charge in [-0.1, -0.05) is 32.0 Å². The first kappa shape index (κ1) is 12.7. The zero-order chi connectivity index (χ0) is 14.3. The van der Waals surface area contributed by atoms with Crippen LogP contribution in [-0.2, 0) is 7.05 Å². The van der Waals surface area contributed by atoms with Gasteiger partial charge in [-0.2, -0.15) is 5.10 Å². The average Bonchev–Trinajstić information content (AvgIpc) is 3.01. The Labute approximate surface area is 117 Å². The first-order valence-corrected chi connectivity index (χ1v) is 6.71. The molecule has 0 atom stereocenters. The molecular formula is C16H17N3O. The van der Waals surface area contributed by atoms with Crippen molar-refractivity contribution in [3.8, 4) is 5.69 Å². The third kappa shape index (κ3) is 1.93. The van der Waals surface area contributed by atoms with E-state index in [0.29, 0.717) is 0 Å². The normalized spacial score (nSPS) is 11.4. The van der Waals surface area contributed by atoms with Gasteiger partial charge in [-0.05, 0) is 6.07 Å². The van der Waals surface area contributed by atoms with Crippen LogP contribution in [0.15, 0.2) is 42.9 Å². The molecule has 0 bridgehead atoms. The monoisotopic (exact) mass is 267 g/mol. The van der Waals surface area contributed by atoms with Gasteiger partial charge in [0.25, 0.3) is 0 Å². The zero-order valence-electron chi connectivity index (χ0n) is 11.9. The Kier molecular flexibility index (Phi) is 2.93. The Morgan fingerprint density at radius 2 is 1.95 bits per heavy atom. The maximum Gasteiger partial charge on any atom is 0.167 e. The van der Waals surface area contributed by atoms with Crippen LogP contribution in [0.4, 0.5) is 0 Å². The van der Waals surface area contributed by atoms with Crippen LogP contribution < -0.4 is 0 Å². The lowest BCUT2D eigenvalue weighted by Gasteiger charge is -2.01. The maximum atomic E-state index is 12.4. The third-order valence-corrected chi connectivity index (χ3v) is 3.47. The van der Waals surface area contributed by atoms with Crippen LogP contribution in [0.25, 0.3) is 16.6 Å². The molecule has 0 spiro atoms. The van der Waals surface area contributed by atoms with E-state index in [9.17, 15) is 4.79 Å². The quantitative estimate of drug-likeness (QED) is 0.684. The second-order valence-corrected chi connectivity index (χ2v) is 5.32.